The molecule has 2 heterocycles. The van der Waals surface area contributed by atoms with E-state index < -0.39 is 0 Å². The second-order valence-electron chi connectivity index (χ2n) is 9.82. The monoisotopic (exact) mass is 438 g/mol. The molecule has 6 nitrogen and oxygen atoms in total. The molecule has 1 aromatic carbocycles. The van der Waals surface area contributed by atoms with Gasteiger partial charge in [0.1, 0.15) is 5.82 Å². The Morgan fingerprint density at radius 2 is 1.84 bits per heavy atom. The number of carbonyl (C=O) groups excluding carboxylic acids is 1. The van der Waals surface area contributed by atoms with Gasteiger partial charge >= 0.3 is 0 Å². The van der Waals surface area contributed by atoms with Crippen LogP contribution in [-0.2, 0) is 16.1 Å². The van der Waals surface area contributed by atoms with Crippen molar-refractivity contribution in [2.45, 2.75) is 70.9 Å². The van der Waals surface area contributed by atoms with Crippen LogP contribution in [0.25, 0.3) is 5.69 Å². The van der Waals surface area contributed by atoms with Crippen LogP contribution >= 0.6 is 0 Å². The predicted molar refractivity (Wildman–Crippen MR) is 128 cm³/mol. The number of amides is 1. The molecule has 1 saturated heterocycles. The largest absolute Gasteiger partial charge is 0.376 e. The first-order chi connectivity index (χ1) is 15.5. The molecule has 0 N–H and O–H groups in total. The van der Waals surface area contributed by atoms with Gasteiger partial charge in [0.25, 0.3) is 0 Å². The SMILES string of the molecule is CC(C)c1nn(-c2ccccc2)c(N(C)C)c1CN(C[C@H]1CCCO1)C(=O)C1CCCC1. The van der Waals surface area contributed by atoms with Gasteiger partial charge in [-0.1, -0.05) is 44.9 Å². The Hall–Kier alpha value is -2.34. The molecule has 32 heavy (non-hydrogen) atoms. The summed E-state index contributed by atoms with van der Waals surface area (Å²) in [5, 5.41) is 5.05. The maximum atomic E-state index is 13.6. The van der Waals surface area contributed by atoms with Gasteiger partial charge in [0.2, 0.25) is 5.91 Å². The number of benzene rings is 1. The maximum Gasteiger partial charge on any atom is 0.226 e. The van der Waals surface area contributed by atoms with E-state index in [-0.39, 0.29) is 17.9 Å². The second kappa shape index (κ2) is 10.1. The Morgan fingerprint density at radius 1 is 1.12 bits per heavy atom. The summed E-state index contributed by atoms with van der Waals surface area (Å²) in [6.45, 7) is 6.44. The Kier molecular flexibility index (Phi) is 7.19. The summed E-state index contributed by atoms with van der Waals surface area (Å²) in [7, 11) is 4.13. The van der Waals surface area contributed by atoms with E-state index in [9.17, 15) is 4.79 Å². The minimum absolute atomic E-state index is 0.148. The summed E-state index contributed by atoms with van der Waals surface area (Å²) in [5.74, 6) is 1.77. The van der Waals surface area contributed by atoms with Crippen molar-refractivity contribution in [2.24, 2.45) is 5.92 Å². The fraction of sp³-hybridized carbons (Fsp3) is 0.615. The van der Waals surface area contributed by atoms with Gasteiger partial charge in [0.05, 0.1) is 24.0 Å². The van der Waals surface area contributed by atoms with Crippen molar-refractivity contribution in [3.8, 4) is 5.69 Å². The van der Waals surface area contributed by atoms with Crippen LogP contribution in [0, 0.1) is 5.92 Å². The van der Waals surface area contributed by atoms with Crippen molar-refractivity contribution in [1.29, 1.82) is 0 Å². The van der Waals surface area contributed by atoms with Crippen LogP contribution < -0.4 is 4.90 Å². The summed E-state index contributed by atoms with van der Waals surface area (Å²) in [6.07, 6.45) is 6.63. The van der Waals surface area contributed by atoms with Gasteiger partial charge in [0.15, 0.2) is 0 Å². The zero-order valence-corrected chi connectivity index (χ0v) is 20.1. The van der Waals surface area contributed by atoms with E-state index in [1.165, 1.54) is 0 Å². The quantitative estimate of drug-likeness (QED) is 0.596. The van der Waals surface area contributed by atoms with Gasteiger partial charge in [0, 0.05) is 38.7 Å². The molecule has 1 aliphatic heterocycles. The molecule has 174 valence electrons. The van der Waals surface area contributed by atoms with Crippen molar-refractivity contribution in [3.63, 3.8) is 0 Å². The zero-order valence-electron chi connectivity index (χ0n) is 20.1. The van der Waals surface area contributed by atoms with E-state index >= 15 is 0 Å². The minimum Gasteiger partial charge on any atom is -0.376 e. The summed E-state index contributed by atoms with van der Waals surface area (Å²) in [6, 6.07) is 10.3. The number of ether oxygens (including phenoxy) is 1. The fourth-order valence-electron chi connectivity index (χ4n) is 5.17. The molecule has 6 heteroatoms. The molecule has 0 unspecified atom stereocenters. The van der Waals surface area contributed by atoms with E-state index in [4.69, 9.17) is 9.84 Å². The Labute approximate surface area is 192 Å². The van der Waals surface area contributed by atoms with Crippen LogP contribution in [0.5, 0.6) is 0 Å². The highest BCUT2D eigenvalue weighted by Crippen LogP contribution is 2.34. The normalized spacial score (nSPS) is 19.1. The van der Waals surface area contributed by atoms with E-state index in [1.54, 1.807) is 0 Å². The molecule has 1 amide bonds. The molecule has 1 aromatic heterocycles. The molecule has 0 spiro atoms. The lowest BCUT2D eigenvalue weighted by molar-refractivity contribution is -0.137. The summed E-state index contributed by atoms with van der Waals surface area (Å²) in [4.78, 5) is 17.8. The number of anilines is 1. The molecule has 4 rings (SSSR count). The molecule has 1 aliphatic carbocycles. The second-order valence-corrected chi connectivity index (χ2v) is 9.82. The van der Waals surface area contributed by atoms with Crippen LogP contribution in [0.2, 0.25) is 0 Å². The maximum absolute atomic E-state index is 13.6. The number of nitrogens with zero attached hydrogens (tertiary/aromatic N) is 4. The molecule has 0 bridgehead atoms. The van der Waals surface area contributed by atoms with Crippen LogP contribution in [0.3, 0.4) is 0 Å². The lowest BCUT2D eigenvalue weighted by Crippen LogP contribution is -2.40. The topological polar surface area (TPSA) is 50.6 Å². The molecule has 2 aromatic rings. The number of aromatic nitrogens is 2. The predicted octanol–water partition coefficient (Wildman–Crippen LogP) is 4.76. The smallest absolute Gasteiger partial charge is 0.226 e. The third-order valence-corrected chi connectivity index (χ3v) is 6.77. The zero-order chi connectivity index (χ0) is 22.7. The lowest BCUT2D eigenvalue weighted by atomic mass is 10.0. The molecule has 2 fully saturated rings. The summed E-state index contributed by atoms with van der Waals surface area (Å²) in [5.41, 5.74) is 3.25. The molecular formula is C26H38N4O2. The van der Waals surface area contributed by atoms with Gasteiger partial charge < -0.3 is 14.5 Å². The van der Waals surface area contributed by atoms with Crippen LogP contribution in [0.4, 0.5) is 5.82 Å². The van der Waals surface area contributed by atoms with Crippen LogP contribution in [0.1, 0.15) is 69.5 Å². The molecule has 1 atom stereocenters. The van der Waals surface area contributed by atoms with E-state index in [2.05, 4.69) is 49.9 Å². The van der Waals surface area contributed by atoms with Crippen molar-refractivity contribution < 1.29 is 9.53 Å². The van der Waals surface area contributed by atoms with E-state index in [0.717, 1.165) is 67.9 Å². The van der Waals surface area contributed by atoms with Crippen molar-refractivity contribution in [2.75, 3.05) is 32.1 Å². The van der Waals surface area contributed by atoms with Gasteiger partial charge in [-0.2, -0.15) is 5.10 Å². The highest BCUT2D eigenvalue weighted by molar-refractivity contribution is 5.79. The Balaban J connectivity index is 1.72. The molecule has 1 saturated carbocycles. The highest BCUT2D eigenvalue weighted by atomic mass is 16.5. The van der Waals surface area contributed by atoms with Gasteiger partial charge in [-0.25, -0.2) is 4.68 Å². The van der Waals surface area contributed by atoms with Crippen LogP contribution in [0.15, 0.2) is 30.3 Å². The first-order valence-corrected chi connectivity index (χ1v) is 12.2. The van der Waals surface area contributed by atoms with Gasteiger partial charge in [-0.3, -0.25) is 4.79 Å². The Morgan fingerprint density at radius 3 is 2.44 bits per heavy atom. The number of hydrogen-bond donors (Lipinski definition) is 0. The first kappa shape index (κ1) is 22.8. The van der Waals surface area contributed by atoms with E-state index in [1.807, 2.05) is 22.9 Å². The van der Waals surface area contributed by atoms with Gasteiger partial charge in [-0.15, -0.1) is 0 Å². The average Bonchev–Trinajstić information content (AvgIpc) is 3.54. The van der Waals surface area contributed by atoms with Crippen LogP contribution in [-0.4, -0.2) is 53.9 Å². The Bertz CT molecular complexity index is 894. The first-order valence-electron chi connectivity index (χ1n) is 12.2. The summed E-state index contributed by atoms with van der Waals surface area (Å²) < 4.78 is 7.98. The third-order valence-electron chi connectivity index (χ3n) is 6.77. The molecular weight excluding hydrogens is 400 g/mol. The fourth-order valence-corrected chi connectivity index (χ4v) is 5.17. The standard InChI is InChI=1S/C26H38N4O2/c1-19(2)24-23(25(28(3)4)30(27-24)21-13-6-5-7-14-21)18-29(17-22-15-10-16-32-22)26(31)20-11-8-9-12-20/h5-7,13-14,19-20,22H,8-12,15-18H2,1-4H3/t22-/m1/s1. The molecule has 2 aliphatic rings. The molecule has 0 radical (unpaired) electrons. The van der Waals surface area contributed by atoms with Gasteiger partial charge in [-0.05, 0) is 43.7 Å². The number of para-hydroxylation sites is 1. The summed E-state index contributed by atoms with van der Waals surface area (Å²) >= 11 is 0. The van der Waals surface area contributed by atoms with Crippen molar-refractivity contribution in [3.05, 3.63) is 41.6 Å². The number of carbonyl (C=O) groups is 1. The number of hydrogen-bond acceptors (Lipinski definition) is 4. The van der Waals surface area contributed by atoms with E-state index in [0.29, 0.717) is 19.0 Å². The van der Waals surface area contributed by atoms with Crippen molar-refractivity contribution in [1.82, 2.24) is 14.7 Å². The average molecular weight is 439 g/mol. The number of rotatable bonds is 8. The minimum atomic E-state index is 0.148. The van der Waals surface area contributed by atoms with Crippen molar-refractivity contribution >= 4 is 11.7 Å². The highest BCUT2D eigenvalue weighted by Gasteiger charge is 2.32. The third kappa shape index (κ3) is 4.85. The lowest BCUT2D eigenvalue weighted by Gasteiger charge is -2.29.